The van der Waals surface area contributed by atoms with Crippen LogP contribution in [0, 0.1) is 0 Å². The summed E-state index contributed by atoms with van der Waals surface area (Å²) in [5.74, 6) is -0.343. The number of carbonyl (C=O) groups excluding carboxylic acids is 1. The second kappa shape index (κ2) is 4.92. The summed E-state index contributed by atoms with van der Waals surface area (Å²) < 4.78 is 30.6. The van der Waals surface area contributed by atoms with Crippen LogP contribution in [-0.4, -0.2) is 12.4 Å². The van der Waals surface area contributed by atoms with Gasteiger partial charge >= 0.3 is 0 Å². The summed E-state index contributed by atoms with van der Waals surface area (Å²) in [7, 11) is 0. The number of alkyl halides is 2. The molecule has 0 radical (unpaired) electrons. The molecule has 0 amide bonds. The summed E-state index contributed by atoms with van der Waals surface area (Å²) in [4.78, 5) is 11.3. The predicted octanol–water partition coefficient (Wildman–Crippen LogP) is 2.81. The van der Waals surface area contributed by atoms with Crippen molar-refractivity contribution in [1.82, 2.24) is 0 Å². The molecular formula is C11H13F2NO2. The van der Waals surface area contributed by atoms with Crippen molar-refractivity contribution in [2.75, 3.05) is 12.3 Å². The highest BCUT2D eigenvalue weighted by Gasteiger charge is 2.21. The van der Waals surface area contributed by atoms with Crippen molar-refractivity contribution in [3.8, 4) is 5.75 Å². The molecule has 0 bridgehead atoms. The summed E-state index contributed by atoms with van der Waals surface area (Å²) in [6, 6.07) is 2.48. The molecule has 0 saturated heterocycles. The normalized spacial score (nSPS) is 10.6. The molecule has 1 aromatic carbocycles. The van der Waals surface area contributed by atoms with Crippen LogP contribution in [0.1, 0.15) is 36.2 Å². The van der Waals surface area contributed by atoms with Gasteiger partial charge in [0.25, 0.3) is 6.43 Å². The molecule has 0 spiro atoms. The highest BCUT2D eigenvalue weighted by Crippen LogP contribution is 2.33. The van der Waals surface area contributed by atoms with Crippen LogP contribution in [0.5, 0.6) is 5.75 Å². The molecule has 1 rings (SSSR count). The van der Waals surface area contributed by atoms with Gasteiger partial charge in [-0.1, -0.05) is 0 Å². The van der Waals surface area contributed by atoms with Crippen LogP contribution in [0.2, 0.25) is 0 Å². The molecule has 0 fully saturated rings. The van der Waals surface area contributed by atoms with E-state index >= 15 is 0 Å². The van der Waals surface area contributed by atoms with Gasteiger partial charge in [0.05, 0.1) is 12.2 Å². The molecule has 88 valence electrons. The quantitative estimate of drug-likeness (QED) is 0.638. The maximum absolute atomic E-state index is 12.7. The van der Waals surface area contributed by atoms with E-state index in [0.29, 0.717) is 0 Å². The molecular weight excluding hydrogens is 216 g/mol. The number of anilines is 1. The van der Waals surface area contributed by atoms with Crippen LogP contribution in [-0.2, 0) is 0 Å². The van der Waals surface area contributed by atoms with E-state index in [1.54, 1.807) is 6.92 Å². The number of carbonyl (C=O) groups is 1. The SMILES string of the molecule is CCOc1cc(N)cc(C(F)F)c1C(C)=O. The van der Waals surface area contributed by atoms with Gasteiger partial charge < -0.3 is 10.5 Å². The first kappa shape index (κ1) is 12.4. The molecule has 0 aromatic heterocycles. The van der Waals surface area contributed by atoms with Crippen molar-refractivity contribution in [2.45, 2.75) is 20.3 Å². The predicted molar refractivity (Wildman–Crippen MR) is 57.0 cm³/mol. The minimum atomic E-state index is -2.75. The van der Waals surface area contributed by atoms with Crippen LogP contribution in [0.25, 0.3) is 0 Å². The minimum Gasteiger partial charge on any atom is -0.493 e. The lowest BCUT2D eigenvalue weighted by Crippen LogP contribution is -2.07. The van der Waals surface area contributed by atoms with Crippen LogP contribution in [0.3, 0.4) is 0 Å². The minimum absolute atomic E-state index is 0.0916. The Labute approximate surface area is 92.2 Å². The summed E-state index contributed by atoms with van der Waals surface area (Å²) in [5.41, 5.74) is 5.16. The Kier molecular flexibility index (Phi) is 3.82. The number of hydrogen-bond donors (Lipinski definition) is 1. The van der Waals surface area contributed by atoms with Crippen LogP contribution in [0.15, 0.2) is 12.1 Å². The number of hydrogen-bond acceptors (Lipinski definition) is 3. The largest absolute Gasteiger partial charge is 0.493 e. The smallest absolute Gasteiger partial charge is 0.264 e. The summed E-state index contributed by atoms with van der Waals surface area (Å²) in [5, 5.41) is 0. The lowest BCUT2D eigenvalue weighted by Gasteiger charge is -2.13. The van der Waals surface area contributed by atoms with Crippen LogP contribution < -0.4 is 10.5 Å². The van der Waals surface area contributed by atoms with Gasteiger partial charge in [-0.25, -0.2) is 8.78 Å². The zero-order valence-electron chi connectivity index (χ0n) is 9.09. The van der Waals surface area contributed by atoms with Crippen molar-refractivity contribution in [3.63, 3.8) is 0 Å². The van der Waals surface area contributed by atoms with Crippen molar-refractivity contribution in [3.05, 3.63) is 23.3 Å². The highest BCUT2D eigenvalue weighted by molar-refractivity contribution is 5.99. The number of nitrogen functional groups attached to an aromatic ring is 1. The van der Waals surface area contributed by atoms with E-state index < -0.39 is 12.2 Å². The van der Waals surface area contributed by atoms with Crippen LogP contribution >= 0.6 is 0 Å². The first-order chi connectivity index (χ1) is 7.47. The van der Waals surface area contributed by atoms with E-state index in [1.165, 1.54) is 13.0 Å². The number of ketones is 1. The maximum Gasteiger partial charge on any atom is 0.264 e. The van der Waals surface area contributed by atoms with Gasteiger partial charge in [-0.3, -0.25) is 4.79 Å². The topological polar surface area (TPSA) is 52.3 Å². The van der Waals surface area contributed by atoms with Gasteiger partial charge in [0.1, 0.15) is 5.75 Å². The fourth-order valence-corrected chi connectivity index (χ4v) is 1.48. The van der Waals surface area contributed by atoms with Crippen molar-refractivity contribution in [2.24, 2.45) is 0 Å². The summed E-state index contributed by atoms with van der Waals surface area (Å²) in [6.45, 7) is 3.21. The molecule has 0 unspecified atom stereocenters. The van der Waals surface area contributed by atoms with Crippen LogP contribution in [0.4, 0.5) is 14.5 Å². The third-order valence-corrected chi connectivity index (χ3v) is 2.04. The first-order valence-electron chi connectivity index (χ1n) is 4.82. The van der Waals surface area contributed by atoms with E-state index in [2.05, 4.69) is 0 Å². The Balaban J connectivity index is 3.41. The fourth-order valence-electron chi connectivity index (χ4n) is 1.48. The average Bonchev–Trinajstić information content (AvgIpc) is 2.16. The Hall–Kier alpha value is -1.65. The second-order valence-electron chi connectivity index (χ2n) is 3.27. The number of ether oxygens (including phenoxy) is 1. The van der Waals surface area contributed by atoms with Gasteiger partial charge in [0.15, 0.2) is 5.78 Å². The Morgan fingerprint density at radius 3 is 2.56 bits per heavy atom. The van der Waals surface area contributed by atoms with Gasteiger partial charge in [0.2, 0.25) is 0 Å². The van der Waals surface area contributed by atoms with E-state index in [-0.39, 0.29) is 29.2 Å². The molecule has 0 atom stereocenters. The molecule has 0 heterocycles. The molecule has 16 heavy (non-hydrogen) atoms. The van der Waals surface area contributed by atoms with Gasteiger partial charge in [-0.15, -0.1) is 0 Å². The van der Waals surface area contributed by atoms with E-state index in [0.717, 1.165) is 6.07 Å². The Morgan fingerprint density at radius 1 is 1.50 bits per heavy atom. The van der Waals surface area contributed by atoms with Gasteiger partial charge in [-0.05, 0) is 19.9 Å². The fraction of sp³-hybridized carbons (Fsp3) is 0.364. The van der Waals surface area contributed by atoms with Crippen molar-refractivity contribution >= 4 is 11.5 Å². The Morgan fingerprint density at radius 2 is 2.12 bits per heavy atom. The zero-order chi connectivity index (χ0) is 12.3. The Bertz CT molecular complexity index is 405. The molecule has 2 N–H and O–H groups in total. The first-order valence-corrected chi connectivity index (χ1v) is 4.82. The average molecular weight is 229 g/mol. The third-order valence-electron chi connectivity index (χ3n) is 2.04. The standard InChI is InChI=1S/C11H13F2NO2/c1-3-16-9-5-7(14)4-8(11(12)13)10(9)6(2)15/h4-5,11H,3,14H2,1-2H3. The molecule has 5 heteroatoms. The molecule has 0 aliphatic heterocycles. The van der Waals surface area contributed by atoms with Gasteiger partial charge in [0, 0.05) is 17.3 Å². The lowest BCUT2D eigenvalue weighted by molar-refractivity contribution is 0.0994. The lowest BCUT2D eigenvalue weighted by atomic mass is 10.0. The zero-order valence-corrected chi connectivity index (χ0v) is 9.09. The molecule has 0 aliphatic carbocycles. The van der Waals surface area contributed by atoms with E-state index in [1.807, 2.05) is 0 Å². The monoisotopic (exact) mass is 229 g/mol. The number of benzene rings is 1. The second-order valence-corrected chi connectivity index (χ2v) is 3.27. The third kappa shape index (κ3) is 2.48. The number of halogens is 2. The number of Topliss-reactive ketones (excluding diaryl/α,β-unsaturated/α-hetero) is 1. The number of rotatable bonds is 4. The van der Waals surface area contributed by atoms with E-state index in [9.17, 15) is 13.6 Å². The molecule has 3 nitrogen and oxygen atoms in total. The van der Waals surface area contributed by atoms with Gasteiger partial charge in [-0.2, -0.15) is 0 Å². The molecule has 0 saturated carbocycles. The highest BCUT2D eigenvalue weighted by atomic mass is 19.3. The summed E-state index contributed by atoms with van der Waals surface area (Å²) >= 11 is 0. The summed E-state index contributed by atoms with van der Waals surface area (Å²) in [6.07, 6.45) is -2.75. The number of nitrogens with two attached hydrogens (primary N) is 1. The van der Waals surface area contributed by atoms with Crippen molar-refractivity contribution in [1.29, 1.82) is 0 Å². The van der Waals surface area contributed by atoms with E-state index in [4.69, 9.17) is 10.5 Å². The molecule has 1 aromatic rings. The molecule has 0 aliphatic rings. The van der Waals surface area contributed by atoms with Crippen molar-refractivity contribution < 1.29 is 18.3 Å². The maximum atomic E-state index is 12.7.